The molecule has 4 nitrogen and oxygen atoms in total. The minimum atomic E-state index is -0.230. The first kappa shape index (κ1) is 18.2. The third kappa shape index (κ3) is 4.23. The highest BCUT2D eigenvalue weighted by Gasteiger charge is 2.38. The molecule has 2 aliphatic rings. The Morgan fingerprint density at radius 1 is 0.963 bits per heavy atom. The van der Waals surface area contributed by atoms with Gasteiger partial charge in [-0.2, -0.15) is 0 Å². The zero-order chi connectivity index (χ0) is 18.6. The Hall–Kier alpha value is -2.17. The Labute approximate surface area is 161 Å². The highest BCUT2D eigenvalue weighted by molar-refractivity contribution is 5.84. The van der Waals surface area contributed by atoms with Crippen LogP contribution in [0.25, 0.3) is 0 Å². The zero-order valence-corrected chi connectivity index (χ0v) is 15.7. The lowest BCUT2D eigenvalue weighted by Gasteiger charge is -2.44. The van der Waals surface area contributed by atoms with Gasteiger partial charge in [0.15, 0.2) is 0 Å². The van der Waals surface area contributed by atoms with Crippen LogP contribution in [0.2, 0.25) is 0 Å². The first-order valence-corrected chi connectivity index (χ1v) is 10.0. The number of aliphatic hydroxyl groups is 1. The van der Waals surface area contributed by atoms with E-state index < -0.39 is 0 Å². The molecular formula is C23H28N2O2. The van der Waals surface area contributed by atoms with Gasteiger partial charge in [0.25, 0.3) is 0 Å². The van der Waals surface area contributed by atoms with Crippen LogP contribution < -0.4 is 0 Å². The second-order valence-electron chi connectivity index (χ2n) is 7.88. The van der Waals surface area contributed by atoms with Gasteiger partial charge in [-0.3, -0.25) is 9.69 Å². The second-order valence-corrected chi connectivity index (χ2v) is 7.88. The average molecular weight is 364 g/mol. The minimum absolute atomic E-state index is 0.210. The van der Waals surface area contributed by atoms with Gasteiger partial charge in [-0.1, -0.05) is 60.7 Å². The van der Waals surface area contributed by atoms with Crippen LogP contribution in [-0.4, -0.2) is 53.1 Å². The largest absolute Gasteiger partial charge is 0.393 e. The number of piperidine rings is 1. The van der Waals surface area contributed by atoms with E-state index in [0.717, 1.165) is 51.0 Å². The molecule has 4 heteroatoms. The van der Waals surface area contributed by atoms with Crippen molar-refractivity contribution < 1.29 is 9.90 Å². The summed E-state index contributed by atoms with van der Waals surface area (Å²) >= 11 is 0. The fourth-order valence-electron chi connectivity index (χ4n) is 4.29. The summed E-state index contributed by atoms with van der Waals surface area (Å²) in [6.45, 7) is 3.22. The molecule has 4 rings (SSSR count). The molecule has 142 valence electrons. The van der Waals surface area contributed by atoms with E-state index >= 15 is 0 Å². The van der Waals surface area contributed by atoms with E-state index in [-0.39, 0.29) is 18.1 Å². The monoisotopic (exact) mass is 364 g/mol. The molecule has 1 amide bonds. The van der Waals surface area contributed by atoms with Crippen LogP contribution >= 0.6 is 0 Å². The van der Waals surface area contributed by atoms with Gasteiger partial charge in [-0.25, -0.2) is 0 Å². The number of nitrogens with zero attached hydrogens (tertiary/aromatic N) is 2. The number of benzene rings is 2. The number of rotatable bonds is 5. The Kier molecular flexibility index (Phi) is 5.55. The van der Waals surface area contributed by atoms with E-state index in [4.69, 9.17) is 0 Å². The van der Waals surface area contributed by atoms with Crippen LogP contribution in [0, 0.1) is 5.92 Å². The Morgan fingerprint density at radius 2 is 1.56 bits per heavy atom. The van der Waals surface area contributed by atoms with Crippen molar-refractivity contribution in [2.75, 3.05) is 26.2 Å². The predicted molar refractivity (Wildman–Crippen MR) is 106 cm³/mol. The normalized spacial score (nSPS) is 20.3. The molecule has 2 fully saturated rings. The molecule has 0 saturated carbocycles. The maximum atomic E-state index is 13.3. The lowest BCUT2D eigenvalue weighted by Crippen LogP contribution is -2.55. The van der Waals surface area contributed by atoms with Crippen molar-refractivity contribution in [1.82, 2.24) is 9.80 Å². The van der Waals surface area contributed by atoms with Crippen molar-refractivity contribution in [3.8, 4) is 0 Å². The summed E-state index contributed by atoms with van der Waals surface area (Å²) in [6.07, 6.45) is 2.30. The van der Waals surface area contributed by atoms with Gasteiger partial charge in [0.2, 0.25) is 5.91 Å². The molecule has 1 atom stereocenters. The molecule has 27 heavy (non-hydrogen) atoms. The third-order valence-corrected chi connectivity index (χ3v) is 5.85. The fourth-order valence-corrected chi connectivity index (χ4v) is 4.29. The molecule has 0 aromatic heterocycles. The molecule has 0 radical (unpaired) electrons. The van der Waals surface area contributed by atoms with Crippen molar-refractivity contribution in [3.05, 3.63) is 71.8 Å². The maximum Gasteiger partial charge on any atom is 0.244 e. The van der Waals surface area contributed by atoms with E-state index in [0.29, 0.717) is 5.92 Å². The van der Waals surface area contributed by atoms with Gasteiger partial charge >= 0.3 is 0 Å². The van der Waals surface area contributed by atoms with Gasteiger partial charge in [0.1, 0.15) is 6.04 Å². The summed E-state index contributed by atoms with van der Waals surface area (Å²) in [5.41, 5.74) is 2.41. The summed E-state index contributed by atoms with van der Waals surface area (Å²) < 4.78 is 0. The highest BCUT2D eigenvalue weighted by Crippen LogP contribution is 2.30. The second kappa shape index (κ2) is 8.24. The molecule has 2 aromatic rings. The molecule has 0 bridgehead atoms. The van der Waals surface area contributed by atoms with Crippen LogP contribution in [0.15, 0.2) is 60.7 Å². The van der Waals surface area contributed by atoms with Crippen LogP contribution in [0.5, 0.6) is 0 Å². The van der Waals surface area contributed by atoms with E-state index in [1.165, 1.54) is 5.56 Å². The lowest BCUT2D eigenvalue weighted by atomic mass is 9.90. The summed E-state index contributed by atoms with van der Waals surface area (Å²) in [4.78, 5) is 17.6. The van der Waals surface area contributed by atoms with Gasteiger partial charge < -0.3 is 10.0 Å². The Bertz CT molecular complexity index is 735. The molecule has 0 unspecified atom stereocenters. The molecule has 0 aliphatic carbocycles. The smallest absolute Gasteiger partial charge is 0.244 e. The van der Waals surface area contributed by atoms with Gasteiger partial charge in [0, 0.05) is 26.2 Å². The summed E-state index contributed by atoms with van der Waals surface area (Å²) in [7, 11) is 0. The van der Waals surface area contributed by atoms with Crippen molar-refractivity contribution in [2.45, 2.75) is 31.4 Å². The van der Waals surface area contributed by atoms with Crippen molar-refractivity contribution in [2.24, 2.45) is 5.92 Å². The SMILES string of the molecule is O=C([C@@H](c1ccccc1)N1CCC(O)CC1)N1CC(Cc2ccccc2)C1. The topological polar surface area (TPSA) is 43.8 Å². The van der Waals surface area contributed by atoms with Crippen LogP contribution in [0.4, 0.5) is 0 Å². The third-order valence-electron chi connectivity index (χ3n) is 5.85. The summed E-state index contributed by atoms with van der Waals surface area (Å²) in [5, 5.41) is 9.84. The molecule has 2 saturated heterocycles. The van der Waals surface area contributed by atoms with Crippen LogP contribution in [0.3, 0.4) is 0 Å². The van der Waals surface area contributed by atoms with Crippen molar-refractivity contribution in [3.63, 3.8) is 0 Å². The summed E-state index contributed by atoms with van der Waals surface area (Å²) in [5.74, 6) is 0.762. The Morgan fingerprint density at radius 3 is 2.19 bits per heavy atom. The number of carbonyl (C=O) groups excluding carboxylic acids is 1. The maximum absolute atomic E-state index is 13.3. The number of carbonyl (C=O) groups is 1. The number of hydrogen-bond acceptors (Lipinski definition) is 3. The van der Waals surface area contributed by atoms with Gasteiger partial charge in [-0.15, -0.1) is 0 Å². The van der Waals surface area contributed by atoms with Crippen molar-refractivity contribution >= 4 is 5.91 Å². The van der Waals surface area contributed by atoms with Crippen LogP contribution in [0.1, 0.15) is 30.0 Å². The fraction of sp³-hybridized carbons (Fsp3) is 0.435. The van der Waals surface area contributed by atoms with Gasteiger partial charge in [-0.05, 0) is 36.3 Å². The Balaban J connectivity index is 1.42. The average Bonchev–Trinajstić information content (AvgIpc) is 2.68. The first-order chi connectivity index (χ1) is 13.2. The number of amides is 1. The van der Waals surface area contributed by atoms with Crippen LogP contribution in [-0.2, 0) is 11.2 Å². The molecular weight excluding hydrogens is 336 g/mol. The highest BCUT2D eigenvalue weighted by atomic mass is 16.3. The van der Waals surface area contributed by atoms with E-state index in [1.807, 2.05) is 29.2 Å². The number of likely N-dealkylation sites (tertiary alicyclic amines) is 2. The van der Waals surface area contributed by atoms with E-state index in [1.54, 1.807) is 0 Å². The number of aliphatic hydroxyl groups excluding tert-OH is 1. The standard InChI is InChI=1S/C23H28N2O2/c26-21-11-13-24(14-12-21)22(20-9-5-2-6-10-20)23(27)25-16-19(17-25)15-18-7-3-1-4-8-18/h1-10,19,21-22,26H,11-17H2/t22-/m1/s1. The minimum Gasteiger partial charge on any atom is -0.393 e. The molecule has 2 heterocycles. The number of hydrogen-bond donors (Lipinski definition) is 1. The first-order valence-electron chi connectivity index (χ1n) is 10.0. The van der Waals surface area contributed by atoms with E-state index in [2.05, 4.69) is 41.3 Å². The van der Waals surface area contributed by atoms with Gasteiger partial charge in [0.05, 0.1) is 6.10 Å². The summed E-state index contributed by atoms with van der Waals surface area (Å²) in [6, 6.07) is 20.4. The molecule has 2 aliphatic heterocycles. The zero-order valence-electron chi connectivity index (χ0n) is 15.7. The molecule has 0 spiro atoms. The van der Waals surface area contributed by atoms with Crippen molar-refractivity contribution in [1.29, 1.82) is 0 Å². The lowest BCUT2D eigenvalue weighted by molar-refractivity contribution is -0.144. The quantitative estimate of drug-likeness (QED) is 0.887. The molecule has 1 N–H and O–H groups in total. The molecule has 2 aromatic carbocycles. The van der Waals surface area contributed by atoms with E-state index in [9.17, 15) is 9.90 Å². The predicted octanol–water partition coefficient (Wildman–Crippen LogP) is 2.89.